The van der Waals surface area contributed by atoms with Crippen LogP contribution in [0.25, 0.3) is 0 Å². The SMILES string of the molecule is Cc1cc(C)n(CCN2CCC34CCN(CC5CC5)C(Cc5ccc(O)cc53)C4(O)CC2)n1. The third-order valence-corrected chi connectivity index (χ3v) is 9.25. The van der Waals surface area contributed by atoms with Crippen LogP contribution in [0.1, 0.15) is 54.6 Å². The average Bonchev–Trinajstić information content (AvgIpc) is 3.55. The van der Waals surface area contributed by atoms with Crippen molar-refractivity contribution in [3.63, 3.8) is 0 Å². The van der Waals surface area contributed by atoms with Crippen molar-refractivity contribution in [1.29, 1.82) is 0 Å². The molecule has 3 atom stereocenters. The number of nitrogens with zero attached hydrogens (tertiary/aromatic N) is 4. The van der Waals surface area contributed by atoms with E-state index in [-0.39, 0.29) is 11.5 Å². The Bertz CT molecular complexity index is 1050. The maximum absolute atomic E-state index is 12.6. The number of phenolic OH excluding ortho intramolecular Hbond substituents is 1. The molecule has 6 nitrogen and oxygen atoms in total. The first-order valence-electron chi connectivity index (χ1n) is 12.9. The summed E-state index contributed by atoms with van der Waals surface area (Å²) in [5.41, 5.74) is 3.82. The average molecular weight is 451 g/mol. The van der Waals surface area contributed by atoms with Crippen molar-refractivity contribution in [3.8, 4) is 5.75 Å². The van der Waals surface area contributed by atoms with Crippen LogP contribution in [0.4, 0.5) is 0 Å². The molecule has 0 spiro atoms. The Kier molecular flexibility index (Phi) is 5.13. The maximum atomic E-state index is 12.6. The normalized spacial score (nSPS) is 32.3. The van der Waals surface area contributed by atoms with Crippen molar-refractivity contribution < 1.29 is 10.2 Å². The second-order valence-corrected chi connectivity index (χ2v) is 11.2. The molecule has 1 aromatic carbocycles. The molecule has 33 heavy (non-hydrogen) atoms. The number of hydrogen-bond acceptors (Lipinski definition) is 5. The van der Waals surface area contributed by atoms with E-state index in [1.54, 1.807) is 0 Å². The number of phenols is 1. The Balaban J connectivity index is 1.30. The van der Waals surface area contributed by atoms with Gasteiger partial charge in [0.15, 0.2) is 0 Å². The molecule has 1 saturated carbocycles. The number of aromatic hydroxyl groups is 1. The fourth-order valence-corrected chi connectivity index (χ4v) is 7.27. The van der Waals surface area contributed by atoms with E-state index in [9.17, 15) is 10.2 Å². The predicted octanol–water partition coefficient (Wildman–Crippen LogP) is 3.01. The lowest BCUT2D eigenvalue weighted by Gasteiger charge is -2.61. The third-order valence-electron chi connectivity index (χ3n) is 9.25. The first-order valence-corrected chi connectivity index (χ1v) is 12.9. The van der Waals surface area contributed by atoms with Gasteiger partial charge in [-0.1, -0.05) is 6.07 Å². The zero-order valence-electron chi connectivity index (χ0n) is 20.1. The summed E-state index contributed by atoms with van der Waals surface area (Å²) in [6.45, 7) is 10.1. The number of aryl methyl sites for hydroxylation is 2. The number of aliphatic hydroxyl groups is 1. The molecule has 3 unspecified atom stereocenters. The molecule has 2 saturated heterocycles. The summed E-state index contributed by atoms with van der Waals surface area (Å²) >= 11 is 0. The summed E-state index contributed by atoms with van der Waals surface area (Å²) in [5, 5.41) is 27.6. The van der Waals surface area contributed by atoms with E-state index in [2.05, 4.69) is 45.6 Å². The highest BCUT2D eigenvalue weighted by Crippen LogP contribution is 2.56. The zero-order chi connectivity index (χ0) is 22.8. The van der Waals surface area contributed by atoms with Gasteiger partial charge in [0, 0.05) is 36.8 Å². The van der Waals surface area contributed by atoms with Gasteiger partial charge in [-0.05, 0) is 101 Å². The highest BCUT2D eigenvalue weighted by atomic mass is 16.3. The van der Waals surface area contributed by atoms with Crippen LogP contribution in [0, 0.1) is 19.8 Å². The first kappa shape index (κ1) is 21.6. The van der Waals surface area contributed by atoms with Crippen LogP contribution in [0.5, 0.6) is 5.75 Å². The lowest BCUT2D eigenvalue weighted by molar-refractivity contribution is -0.149. The van der Waals surface area contributed by atoms with Crippen molar-refractivity contribution in [2.75, 3.05) is 32.7 Å². The molecule has 4 aliphatic rings. The Morgan fingerprint density at radius 3 is 2.58 bits per heavy atom. The fourth-order valence-electron chi connectivity index (χ4n) is 7.27. The lowest BCUT2D eigenvalue weighted by Crippen LogP contribution is -2.71. The quantitative estimate of drug-likeness (QED) is 0.733. The molecule has 178 valence electrons. The minimum atomic E-state index is -0.742. The fraction of sp³-hybridized carbons (Fsp3) is 0.667. The number of piperidine rings is 1. The summed E-state index contributed by atoms with van der Waals surface area (Å²) < 4.78 is 2.11. The second-order valence-electron chi connectivity index (χ2n) is 11.2. The lowest BCUT2D eigenvalue weighted by atomic mass is 9.52. The molecule has 2 N–H and O–H groups in total. The molecule has 2 aliphatic heterocycles. The summed E-state index contributed by atoms with van der Waals surface area (Å²) in [6.07, 6.45) is 6.31. The van der Waals surface area contributed by atoms with Gasteiger partial charge in [0.25, 0.3) is 0 Å². The number of likely N-dealkylation sites (tertiary alicyclic amines) is 2. The number of aromatic nitrogens is 2. The van der Waals surface area contributed by atoms with E-state index >= 15 is 0 Å². The molecule has 1 aromatic heterocycles. The van der Waals surface area contributed by atoms with Crippen molar-refractivity contribution in [2.45, 2.75) is 76.0 Å². The zero-order valence-corrected chi connectivity index (χ0v) is 20.1. The van der Waals surface area contributed by atoms with E-state index < -0.39 is 5.60 Å². The highest BCUT2D eigenvalue weighted by molar-refractivity contribution is 5.48. The molecule has 0 radical (unpaired) electrons. The van der Waals surface area contributed by atoms with Gasteiger partial charge in [-0.3, -0.25) is 9.58 Å². The van der Waals surface area contributed by atoms with Crippen molar-refractivity contribution in [2.24, 2.45) is 5.92 Å². The standard InChI is InChI=1S/C27H38N4O2/c1-19-15-20(2)31(28-19)14-13-29-10-7-26-8-12-30(18-21-3-4-21)25(27(26,33)9-11-29)16-22-5-6-23(32)17-24(22)26/h5-6,15,17,21,25,32-33H,3-4,7-14,16,18H2,1-2H3. The highest BCUT2D eigenvalue weighted by Gasteiger charge is 2.63. The molecule has 0 amide bonds. The third kappa shape index (κ3) is 3.53. The van der Waals surface area contributed by atoms with Gasteiger partial charge in [0.1, 0.15) is 5.75 Å². The van der Waals surface area contributed by atoms with Gasteiger partial charge >= 0.3 is 0 Å². The molecule has 2 aromatic rings. The Morgan fingerprint density at radius 1 is 1.03 bits per heavy atom. The molecule has 2 bridgehead atoms. The van der Waals surface area contributed by atoms with Gasteiger partial charge in [-0.25, -0.2) is 0 Å². The van der Waals surface area contributed by atoms with Crippen molar-refractivity contribution in [1.82, 2.24) is 19.6 Å². The van der Waals surface area contributed by atoms with Crippen LogP contribution < -0.4 is 0 Å². The number of benzene rings is 1. The van der Waals surface area contributed by atoms with Crippen LogP contribution in [0.2, 0.25) is 0 Å². The van der Waals surface area contributed by atoms with Crippen LogP contribution >= 0.6 is 0 Å². The summed E-state index contributed by atoms with van der Waals surface area (Å²) in [4.78, 5) is 5.15. The maximum Gasteiger partial charge on any atom is 0.115 e. The molecule has 6 heteroatoms. The van der Waals surface area contributed by atoms with Crippen LogP contribution in [-0.2, 0) is 18.4 Å². The van der Waals surface area contributed by atoms with E-state index in [1.807, 2.05) is 12.1 Å². The molecule has 3 heterocycles. The molecular weight excluding hydrogens is 412 g/mol. The molecule has 2 aliphatic carbocycles. The minimum Gasteiger partial charge on any atom is -0.508 e. The second kappa shape index (κ2) is 7.82. The number of fused-ring (bicyclic) bond motifs is 1. The Labute approximate surface area is 197 Å². The van der Waals surface area contributed by atoms with E-state index in [4.69, 9.17) is 0 Å². The monoisotopic (exact) mass is 450 g/mol. The molecule has 6 rings (SSSR count). The first-order chi connectivity index (χ1) is 15.9. The van der Waals surface area contributed by atoms with E-state index in [1.165, 1.54) is 29.7 Å². The number of rotatable bonds is 5. The van der Waals surface area contributed by atoms with E-state index in [0.29, 0.717) is 5.75 Å². The largest absolute Gasteiger partial charge is 0.508 e. The summed E-state index contributed by atoms with van der Waals surface area (Å²) in [6, 6.07) is 8.24. The minimum absolute atomic E-state index is 0.180. The van der Waals surface area contributed by atoms with Gasteiger partial charge in [-0.2, -0.15) is 5.10 Å². The van der Waals surface area contributed by atoms with E-state index in [0.717, 1.165) is 76.6 Å². The van der Waals surface area contributed by atoms with Crippen molar-refractivity contribution >= 4 is 0 Å². The van der Waals surface area contributed by atoms with Gasteiger partial charge in [-0.15, -0.1) is 0 Å². The summed E-state index contributed by atoms with van der Waals surface area (Å²) in [7, 11) is 0. The van der Waals surface area contributed by atoms with Crippen molar-refractivity contribution in [3.05, 3.63) is 46.8 Å². The number of hydrogen-bond donors (Lipinski definition) is 2. The molecular formula is C27H38N4O2. The summed E-state index contributed by atoms with van der Waals surface area (Å²) in [5.74, 6) is 1.15. The smallest absolute Gasteiger partial charge is 0.115 e. The van der Waals surface area contributed by atoms with Crippen LogP contribution in [0.3, 0.4) is 0 Å². The molecule has 3 fully saturated rings. The van der Waals surface area contributed by atoms with Crippen LogP contribution in [-0.4, -0.2) is 74.2 Å². The van der Waals surface area contributed by atoms with Gasteiger partial charge in [0.2, 0.25) is 0 Å². The van der Waals surface area contributed by atoms with Gasteiger partial charge in [0.05, 0.1) is 17.8 Å². The topological polar surface area (TPSA) is 64.8 Å². The predicted molar refractivity (Wildman–Crippen MR) is 129 cm³/mol. The Morgan fingerprint density at radius 2 is 1.82 bits per heavy atom. The Hall–Kier alpha value is -1.89. The van der Waals surface area contributed by atoms with Gasteiger partial charge < -0.3 is 15.1 Å². The van der Waals surface area contributed by atoms with Crippen LogP contribution in [0.15, 0.2) is 24.3 Å².